The summed E-state index contributed by atoms with van der Waals surface area (Å²) >= 11 is 0. The molecule has 0 fully saturated rings. The molecular weight excluding hydrogens is 376 g/mol. The summed E-state index contributed by atoms with van der Waals surface area (Å²) in [5, 5.41) is 4.16. The second-order valence-corrected chi connectivity index (χ2v) is 7.25. The van der Waals surface area contributed by atoms with Crippen LogP contribution in [0.25, 0.3) is 45.3 Å². The molecule has 6 heteroatoms. The lowest BCUT2D eigenvalue weighted by Gasteiger charge is -2.09. The molecule has 5 rings (SSSR count). The molecule has 0 saturated heterocycles. The average Bonchev–Trinajstić information content (AvgIpc) is 3.41. The van der Waals surface area contributed by atoms with Crippen LogP contribution in [0.1, 0.15) is 11.1 Å². The Labute approximate surface area is 173 Å². The Bertz CT molecular complexity index is 1290. The number of aryl methyl sites for hydroxylation is 2. The molecule has 2 heterocycles. The van der Waals surface area contributed by atoms with Gasteiger partial charge in [0.15, 0.2) is 0 Å². The van der Waals surface area contributed by atoms with Crippen LogP contribution in [0.2, 0.25) is 0 Å². The summed E-state index contributed by atoms with van der Waals surface area (Å²) in [6.07, 6.45) is 0. The molecule has 2 aromatic heterocycles. The number of nitrogens with one attached hydrogen (secondary N) is 1. The lowest BCUT2D eigenvalue weighted by atomic mass is 10.1. The van der Waals surface area contributed by atoms with Gasteiger partial charge in [-0.15, -0.1) is 0 Å². The van der Waals surface area contributed by atoms with E-state index < -0.39 is 0 Å². The van der Waals surface area contributed by atoms with Gasteiger partial charge in [0.2, 0.25) is 5.82 Å². The molecule has 148 valence electrons. The van der Waals surface area contributed by atoms with Crippen molar-refractivity contribution in [3.05, 3.63) is 71.8 Å². The average molecular weight is 396 g/mol. The number of hydrogen-bond acceptors (Lipinski definition) is 5. The first kappa shape index (κ1) is 18.1. The first-order valence-electron chi connectivity index (χ1n) is 9.67. The molecule has 0 saturated carbocycles. The highest BCUT2D eigenvalue weighted by molar-refractivity contribution is 5.79. The highest BCUT2D eigenvalue weighted by atomic mass is 16.5. The summed E-state index contributed by atoms with van der Waals surface area (Å²) in [7, 11) is 1.68. The van der Waals surface area contributed by atoms with E-state index in [2.05, 4.69) is 20.1 Å². The van der Waals surface area contributed by atoms with E-state index >= 15 is 0 Å². The maximum Gasteiger partial charge on any atom is 0.258 e. The largest absolute Gasteiger partial charge is 0.496 e. The van der Waals surface area contributed by atoms with E-state index in [1.807, 2.05) is 74.5 Å². The molecule has 6 nitrogen and oxygen atoms in total. The summed E-state index contributed by atoms with van der Waals surface area (Å²) in [6.45, 7) is 4.01. The van der Waals surface area contributed by atoms with Crippen molar-refractivity contribution in [3.8, 4) is 40.0 Å². The van der Waals surface area contributed by atoms with Crippen molar-refractivity contribution in [2.24, 2.45) is 0 Å². The Morgan fingerprint density at radius 1 is 0.833 bits per heavy atom. The van der Waals surface area contributed by atoms with Gasteiger partial charge in [-0.05, 0) is 49.2 Å². The fourth-order valence-corrected chi connectivity index (χ4v) is 3.72. The zero-order valence-corrected chi connectivity index (χ0v) is 16.9. The van der Waals surface area contributed by atoms with Gasteiger partial charge in [0, 0.05) is 16.7 Å². The summed E-state index contributed by atoms with van der Waals surface area (Å²) < 4.78 is 11.0. The Morgan fingerprint density at radius 2 is 1.53 bits per heavy atom. The van der Waals surface area contributed by atoms with Crippen LogP contribution in [-0.2, 0) is 0 Å². The second-order valence-electron chi connectivity index (χ2n) is 7.25. The van der Waals surface area contributed by atoms with Crippen molar-refractivity contribution in [2.45, 2.75) is 13.8 Å². The van der Waals surface area contributed by atoms with Gasteiger partial charge < -0.3 is 14.2 Å². The molecule has 0 spiro atoms. The molecular formula is C24H20N4O2. The van der Waals surface area contributed by atoms with E-state index in [-0.39, 0.29) is 0 Å². The number of hydrogen-bond donors (Lipinski definition) is 1. The van der Waals surface area contributed by atoms with Crippen molar-refractivity contribution in [2.75, 3.05) is 7.11 Å². The molecule has 0 atom stereocenters. The van der Waals surface area contributed by atoms with Gasteiger partial charge in [-0.3, -0.25) is 0 Å². The summed E-state index contributed by atoms with van der Waals surface area (Å²) in [5.74, 6) is 2.74. The lowest BCUT2D eigenvalue weighted by molar-refractivity contribution is 0.408. The van der Waals surface area contributed by atoms with Gasteiger partial charge in [-0.2, -0.15) is 4.98 Å². The van der Waals surface area contributed by atoms with E-state index in [4.69, 9.17) is 9.26 Å². The van der Waals surface area contributed by atoms with Crippen molar-refractivity contribution < 1.29 is 9.26 Å². The van der Waals surface area contributed by atoms with E-state index in [9.17, 15) is 0 Å². The number of H-pyrrole nitrogens is 1. The maximum atomic E-state index is 5.52. The molecule has 0 radical (unpaired) electrons. The van der Waals surface area contributed by atoms with Gasteiger partial charge >= 0.3 is 0 Å². The number of benzene rings is 3. The van der Waals surface area contributed by atoms with Crippen LogP contribution in [0.5, 0.6) is 5.75 Å². The zero-order valence-electron chi connectivity index (χ0n) is 16.9. The molecule has 3 aromatic carbocycles. The Hall–Kier alpha value is -3.93. The number of imidazole rings is 1. The highest BCUT2D eigenvalue weighted by Gasteiger charge is 2.14. The topological polar surface area (TPSA) is 76.8 Å². The molecule has 5 aromatic rings. The quantitative estimate of drug-likeness (QED) is 0.430. The number of nitrogens with zero attached hydrogens (tertiary/aromatic N) is 3. The molecule has 0 aliphatic rings. The summed E-state index contributed by atoms with van der Waals surface area (Å²) in [5.41, 5.74) is 6.79. The van der Waals surface area contributed by atoms with E-state index in [1.54, 1.807) is 7.11 Å². The predicted molar refractivity (Wildman–Crippen MR) is 116 cm³/mol. The van der Waals surface area contributed by atoms with Crippen LogP contribution < -0.4 is 4.74 Å². The fourth-order valence-electron chi connectivity index (χ4n) is 3.72. The van der Waals surface area contributed by atoms with Crippen LogP contribution in [0.3, 0.4) is 0 Å². The lowest BCUT2D eigenvalue weighted by Crippen LogP contribution is -1.92. The smallest absolute Gasteiger partial charge is 0.258 e. The monoisotopic (exact) mass is 396 g/mol. The van der Waals surface area contributed by atoms with E-state index in [0.29, 0.717) is 11.7 Å². The second kappa shape index (κ2) is 7.15. The number of aromatic nitrogens is 4. The van der Waals surface area contributed by atoms with Crippen LogP contribution in [0.15, 0.2) is 65.2 Å². The first-order chi connectivity index (χ1) is 14.6. The third-order valence-electron chi connectivity index (χ3n) is 5.14. The minimum atomic E-state index is 0.486. The summed E-state index contributed by atoms with van der Waals surface area (Å²) in [4.78, 5) is 12.6. The van der Waals surface area contributed by atoms with E-state index in [1.165, 1.54) is 0 Å². The predicted octanol–water partition coefficient (Wildman–Crippen LogP) is 5.57. The Kier molecular flexibility index (Phi) is 4.32. The molecule has 1 N–H and O–H groups in total. The molecule has 0 unspecified atom stereocenters. The van der Waals surface area contributed by atoms with Gasteiger partial charge in [-0.1, -0.05) is 41.6 Å². The minimum absolute atomic E-state index is 0.486. The first-order valence-corrected chi connectivity index (χ1v) is 9.67. The number of para-hydroxylation sites is 2. The van der Waals surface area contributed by atoms with Gasteiger partial charge in [0.25, 0.3) is 5.89 Å². The van der Waals surface area contributed by atoms with Crippen molar-refractivity contribution in [1.29, 1.82) is 0 Å². The fraction of sp³-hybridized carbons (Fsp3) is 0.125. The van der Waals surface area contributed by atoms with Crippen LogP contribution in [0, 0.1) is 13.8 Å². The van der Waals surface area contributed by atoms with Crippen LogP contribution >= 0.6 is 0 Å². The van der Waals surface area contributed by atoms with Crippen molar-refractivity contribution >= 4 is 11.0 Å². The SMILES string of the molecule is COc1c(C)cc(-c2nc(-c3ccc(-c4nc5ccccc5[nH]4)cc3)no2)cc1C. The molecule has 0 aliphatic heterocycles. The third kappa shape index (κ3) is 3.12. The number of ether oxygens (including phenoxy) is 1. The maximum absolute atomic E-state index is 5.52. The van der Waals surface area contributed by atoms with Crippen LogP contribution in [0.4, 0.5) is 0 Å². The summed E-state index contributed by atoms with van der Waals surface area (Å²) in [6, 6.07) is 19.9. The van der Waals surface area contributed by atoms with Crippen LogP contribution in [-0.4, -0.2) is 27.2 Å². The number of fused-ring (bicyclic) bond motifs is 1. The Morgan fingerprint density at radius 3 is 2.23 bits per heavy atom. The molecule has 30 heavy (non-hydrogen) atoms. The van der Waals surface area contributed by atoms with Gasteiger partial charge in [0.1, 0.15) is 11.6 Å². The minimum Gasteiger partial charge on any atom is -0.496 e. The van der Waals surface area contributed by atoms with E-state index in [0.717, 1.165) is 50.4 Å². The standard InChI is InChI=1S/C24H20N4O2/c1-14-12-18(13-15(2)21(14)29-3)24-27-23(28-30-24)17-10-8-16(9-11-17)22-25-19-6-4-5-7-20(19)26-22/h4-13H,1-3H3,(H,25,26). The number of aromatic amines is 1. The van der Waals surface area contributed by atoms with Crippen molar-refractivity contribution in [3.63, 3.8) is 0 Å². The van der Waals surface area contributed by atoms with Gasteiger partial charge in [0.05, 0.1) is 18.1 Å². The van der Waals surface area contributed by atoms with Crippen molar-refractivity contribution in [1.82, 2.24) is 20.1 Å². The Balaban J connectivity index is 1.44. The molecule has 0 bridgehead atoms. The third-order valence-corrected chi connectivity index (χ3v) is 5.14. The molecule has 0 aliphatic carbocycles. The van der Waals surface area contributed by atoms with Gasteiger partial charge in [-0.25, -0.2) is 4.98 Å². The number of rotatable bonds is 4. The normalized spacial score (nSPS) is 11.2. The highest BCUT2D eigenvalue weighted by Crippen LogP contribution is 2.30. The molecule has 0 amide bonds. The zero-order chi connectivity index (χ0) is 20.7. The number of methoxy groups -OCH3 is 1.